The molecule has 1 heterocycles. The van der Waals surface area contributed by atoms with Crippen molar-refractivity contribution in [2.45, 2.75) is 134 Å². The lowest BCUT2D eigenvalue weighted by Crippen LogP contribution is -2.51. The Hall–Kier alpha value is -3.10. The molecule has 1 fully saturated rings. The Kier molecular flexibility index (Phi) is 15.4. The summed E-state index contributed by atoms with van der Waals surface area (Å²) in [6.07, 6.45) is -13.0. The van der Waals surface area contributed by atoms with Crippen molar-refractivity contribution in [1.29, 1.82) is 0 Å². The molecule has 0 aliphatic heterocycles. The number of nitrogens with zero attached hydrogens (tertiary/aromatic N) is 2. The number of fused-ring (bicyclic) bond motifs is 1. The molecule has 3 aromatic rings. The van der Waals surface area contributed by atoms with Crippen LogP contribution < -0.4 is 15.4 Å². The van der Waals surface area contributed by atoms with Crippen molar-refractivity contribution in [3.63, 3.8) is 0 Å². The van der Waals surface area contributed by atoms with Crippen molar-refractivity contribution in [2.24, 2.45) is 5.92 Å². The van der Waals surface area contributed by atoms with Crippen LogP contribution in [0.1, 0.15) is 76.5 Å². The number of alkyl halides is 6. The topological polar surface area (TPSA) is 116 Å². The van der Waals surface area contributed by atoms with E-state index in [4.69, 9.17) is 14.2 Å². The highest BCUT2D eigenvalue weighted by Crippen LogP contribution is 2.42. The predicted molar refractivity (Wildman–Crippen MR) is 207 cm³/mol. The van der Waals surface area contributed by atoms with Crippen molar-refractivity contribution in [3.05, 3.63) is 65.2 Å². The molecule has 1 saturated carbocycles. The van der Waals surface area contributed by atoms with Crippen LogP contribution in [0.4, 0.5) is 35.5 Å². The number of halogens is 7. The molecule has 1 aliphatic rings. The third kappa shape index (κ3) is 13.7. The van der Waals surface area contributed by atoms with Crippen LogP contribution in [0.3, 0.4) is 0 Å². The minimum absolute atomic E-state index is 0.000176. The fourth-order valence-corrected chi connectivity index (χ4v) is 7.49. The molecule has 0 saturated heterocycles. The van der Waals surface area contributed by atoms with Crippen LogP contribution in [-0.4, -0.2) is 76.4 Å². The number of carbonyl (C=O) groups excluding carboxylic acids is 1. The number of carbonyl (C=O) groups is 1. The molecular weight excluding hydrogens is 800 g/mol. The second kappa shape index (κ2) is 18.9. The lowest BCUT2D eigenvalue weighted by Gasteiger charge is -2.30. The number of benzene rings is 2. The number of imidazole rings is 1. The van der Waals surface area contributed by atoms with Crippen LogP contribution >= 0.6 is 0 Å². The molecule has 1 aromatic heterocycles. The van der Waals surface area contributed by atoms with Gasteiger partial charge in [0, 0.05) is 27.3 Å². The molecule has 57 heavy (non-hydrogen) atoms. The smallest absolute Gasteiger partial charge is 0.414 e. The van der Waals surface area contributed by atoms with Crippen molar-refractivity contribution >= 4 is 36.2 Å². The first-order valence-electron chi connectivity index (χ1n) is 18.8. The van der Waals surface area contributed by atoms with E-state index in [-0.39, 0.29) is 41.7 Å². The minimum Gasteiger partial charge on any atom is -0.445 e. The van der Waals surface area contributed by atoms with Crippen LogP contribution in [0.2, 0.25) is 25.7 Å². The molecule has 1 aliphatic carbocycles. The van der Waals surface area contributed by atoms with E-state index in [0.29, 0.717) is 25.0 Å². The molecule has 0 unspecified atom stereocenters. The van der Waals surface area contributed by atoms with Gasteiger partial charge in [-0.2, -0.15) is 26.3 Å². The van der Waals surface area contributed by atoms with Crippen molar-refractivity contribution in [1.82, 2.24) is 24.9 Å². The summed E-state index contributed by atoms with van der Waals surface area (Å²) in [4.78, 5) is 17.1. The summed E-state index contributed by atoms with van der Waals surface area (Å²) < 4.78 is 133. The van der Waals surface area contributed by atoms with Gasteiger partial charge in [0.15, 0.2) is 6.10 Å². The molecule has 0 spiro atoms. The Morgan fingerprint density at radius 2 is 1.67 bits per heavy atom. The van der Waals surface area contributed by atoms with E-state index >= 15 is 4.39 Å². The van der Waals surface area contributed by atoms with Crippen LogP contribution in [0.5, 0.6) is 0 Å². The van der Waals surface area contributed by atoms with E-state index in [0.717, 1.165) is 13.0 Å². The van der Waals surface area contributed by atoms with Gasteiger partial charge in [0.05, 0.1) is 27.4 Å². The molecule has 3 N–H and O–H groups in total. The third-order valence-corrected chi connectivity index (χ3v) is 12.7. The Morgan fingerprint density at radius 1 is 1.02 bits per heavy atom. The van der Waals surface area contributed by atoms with E-state index in [1.165, 1.54) is 23.6 Å². The van der Waals surface area contributed by atoms with Crippen LogP contribution in [0.15, 0.2) is 42.5 Å². The normalized spacial score (nSPS) is 17.5. The van der Waals surface area contributed by atoms with Crippen molar-refractivity contribution < 1.29 is 53.9 Å². The number of amides is 1. The van der Waals surface area contributed by atoms with Gasteiger partial charge < -0.3 is 24.8 Å². The van der Waals surface area contributed by atoms with Gasteiger partial charge in [-0.1, -0.05) is 50.0 Å². The molecular formula is C38H54F7N5O5SSi. The Morgan fingerprint density at radius 3 is 2.23 bits per heavy atom. The number of alkyl carbamates (subject to hydrolysis) is 1. The zero-order valence-corrected chi connectivity index (χ0v) is 35.3. The largest absolute Gasteiger partial charge is 0.445 e. The average Bonchev–Trinajstić information content (AvgIpc) is 3.86. The van der Waals surface area contributed by atoms with Crippen LogP contribution in [0, 0.1) is 11.7 Å². The molecule has 0 radical (unpaired) electrons. The van der Waals surface area contributed by atoms with Gasteiger partial charge in [0.2, 0.25) is 0 Å². The van der Waals surface area contributed by atoms with Gasteiger partial charge in [-0.05, 0) is 82.7 Å². The SMILES string of the molecule is C[C@@H](O[C@H](C)C(F)(F)F)[C@H](N[S@](=O)C(C)(C)C)c1nc2cc([C@H](NC[C@H](NC(=O)OCc3ccccc3)C(F)(F)F)C3CC3)cc(F)c2n1COCC[Si](C)(C)C. The van der Waals surface area contributed by atoms with Crippen LogP contribution in [0.25, 0.3) is 11.0 Å². The summed E-state index contributed by atoms with van der Waals surface area (Å²) in [7, 11) is -3.42. The van der Waals surface area contributed by atoms with Gasteiger partial charge in [-0.25, -0.2) is 23.1 Å². The fourth-order valence-electron chi connectivity index (χ4n) is 5.85. The molecule has 0 bridgehead atoms. The quantitative estimate of drug-likeness (QED) is 0.0628. The standard InChI is InChI=1S/C38H54F7N5O5SSi/c1-23(55-24(2)37(40,41)42)31(49-56(52)36(3,4)5)34-47-29-19-27(18-28(39)33(29)50(34)22-53-16-17-57(6,7)8)32(26-14-15-26)46-20-30(38(43,44)45)48-35(51)54-21-25-12-10-9-11-13-25/h9-13,18-19,23-24,26,30-32,46,49H,14-17,20-22H2,1-8H3,(H,48,51)/t23-,24-,30+,31+,32-,56-/m1/s1. The van der Waals surface area contributed by atoms with Crippen molar-refractivity contribution in [3.8, 4) is 0 Å². The number of nitrogens with one attached hydrogen (secondary N) is 3. The van der Waals surface area contributed by atoms with Crippen LogP contribution in [-0.2, 0) is 38.5 Å². The molecule has 2 aromatic carbocycles. The van der Waals surface area contributed by atoms with E-state index in [9.17, 15) is 35.3 Å². The van der Waals surface area contributed by atoms with Gasteiger partial charge in [0.1, 0.15) is 42.6 Å². The summed E-state index contributed by atoms with van der Waals surface area (Å²) in [5.41, 5.74) is 0.868. The highest BCUT2D eigenvalue weighted by molar-refractivity contribution is 7.84. The second-order valence-electron chi connectivity index (χ2n) is 16.6. The molecule has 1 amide bonds. The minimum atomic E-state index is -4.86. The summed E-state index contributed by atoms with van der Waals surface area (Å²) >= 11 is 0. The highest BCUT2D eigenvalue weighted by Gasteiger charge is 2.44. The molecule has 4 rings (SSSR count). The molecule has 19 heteroatoms. The van der Waals surface area contributed by atoms with E-state index in [1.807, 2.05) is 5.32 Å². The lowest BCUT2D eigenvalue weighted by atomic mass is 10.0. The number of hydrogen-bond acceptors (Lipinski definition) is 7. The molecule has 10 nitrogen and oxygen atoms in total. The maximum absolute atomic E-state index is 16.5. The highest BCUT2D eigenvalue weighted by atomic mass is 32.2. The zero-order chi connectivity index (χ0) is 42.5. The summed E-state index contributed by atoms with van der Waals surface area (Å²) in [5, 5.41) is 4.77. The monoisotopic (exact) mass is 853 g/mol. The first-order valence-corrected chi connectivity index (χ1v) is 23.7. The summed E-state index contributed by atoms with van der Waals surface area (Å²) in [6.45, 7) is 12.7. The Balaban J connectivity index is 1.70. The zero-order valence-electron chi connectivity index (χ0n) is 33.4. The van der Waals surface area contributed by atoms with Crippen molar-refractivity contribution in [2.75, 3.05) is 13.2 Å². The van der Waals surface area contributed by atoms with Gasteiger partial charge in [-0.15, -0.1) is 0 Å². The van der Waals surface area contributed by atoms with E-state index < -0.39 is 84.9 Å². The maximum Gasteiger partial charge on any atom is 0.414 e. The van der Waals surface area contributed by atoms with E-state index in [2.05, 4.69) is 34.7 Å². The first-order chi connectivity index (χ1) is 26.3. The Labute approximate surface area is 332 Å². The van der Waals surface area contributed by atoms with Gasteiger partial charge in [-0.3, -0.25) is 4.57 Å². The number of ether oxygens (including phenoxy) is 3. The number of hydrogen-bond donors (Lipinski definition) is 3. The first kappa shape index (κ1) is 46.6. The number of aromatic nitrogens is 2. The predicted octanol–water partition coefficient (Wildman–Crippen LogP) is 8.83. The summed E-state index contributed by atoms with van der Waals surface area (Å²) in [6, 6.07) is 7.54. The second-order valence-corrected chi connectivity index (χ2v) is 24.3. The number of rotatable bonds is 19. The molecule has 320 valence electrons. The Bertz CT molecular complexity index is 1810. The lowest BCUT2D eigenvalue weighted by molar-refractivity contribution is -0.227. The van der Waals surface area contributed by atoms with Gasteiger partial charge >= 0.3 is 18.4 Å². The van der Waals surface area contributed by atoms with E-state index in [1.54, 1.807) is 51.1 Å². The third-order valence-electron chi connectivity index (χ3n) is 9.38. The van der Waals surface area contributed by atoms with Gasteiger partial charge in [0.25, 0.3) is 0 Å². The maximum atomic E-state index is 16.5. The molecule has 6 atom stereocenters. The fraction of sp³-hybridized carbons (Fsp3) is 0.632. The average molecular weight is 854 g/mol. The summed E-state index contributed by atoms with van der Waals surface area (Å²) in [5.74, 6) is -0.960.